The van der Waals surface area contributed by atoms with E-state index in [1.54, 1.807) is 23.5 Å². The predicted octanol–water partition coefficient (Wildman–Crippen LogP) is 3.90. The molecule has 4 nitrogen and oxygen atoms in total. The molecule has 0 saturated carbocycles. The van der Waals surface area contributed by atoms with Crippen molar-refractivity contribution < 1.29 is 9.13 Å². The number of hydrogen-bond donors (Lipinski definition) is 1. The van der Waals surface area contributed by atoms with Crippen LogP contribution in [0.15, 0.2) is 41.9 Å². The molecule has 1 aromatic carbocycles. The molecule has 0 unspecified atom stereocenters. The quantitative estimate of drug-likeness (QED) is 0.781. The molecule has 0 saturated heterocycles. The average Bonchev–Trinajstić information content (AvgIpc) is 3.22. The van der Waals surface area contributed by atoms with Crippen LogP contribution in [0.2, 0.25) is 0 Å². The highest BCUT2D eigenvalue weighted by Crippen LogP contribution is 2.33. The van der Waals surface area contributed by atoms with Crippen LogP contribution in [0.1, 0.15) is 23.6 Å². The highest BCUT2D eigenvalue weighted by atomic mass is 32.1. The maximum atomic E-state index is 13.6. The summed E-state index contributed by atoms with van der Waals surface area (Å²) in [5.74, 6) is 0.538. The number of benzene rings is 1. The normalized spacial score (nSPS) is 16.7. The minimum absolute atomic E-state index is 0.0841. The van der Waals surface area contributed by atoms with Gasteiger partial charge in [0.15, 0.2) is 0 Å². The number of nitrogens with zero attached hydrogens (tertiary/aromatic N) is 2. The largest absolute Gasteiger partial charge is 0.493 e. The van der Waals surface area contributed by atoms with Gasteiger partial charge in [-0.1, -0.05) is 6.07 Å². The van der Waals surface area contributed by atoms with Crippen molar-refractivity contribution >= 4 is 11.3 Å². The van der Waals surface area contributed by atoms with Gasteiger partial charge in [0.05, 0.1) is 11.5 Å². The average molecular weight is 343 g/mol. The zero-order valence-corrected chi connectivity index (χ0v) is 14.1. The number of hydrogen-bond acceptors (Lipinski definition) is 4. The van der Waals surface area contributed by atoms with Gasteiger partial charge >= 0.3 is 0 Å². The Kier molecular flexibility index (Phi) is 4.08. The number of aryl methyl sites for hydroxylation is 1. The first-order chi connectivity index (χ1) is 11.7. The van der Waals surface area contributed by atoms with Gasteiger partial charge in [-0.2, -0.15) is 5.10 Å². The second-order valence-corrected chi connectivity index (χ2v) is 6.85. The molecule has 0 spiro atoms. The molecule has 1 atom stereocenters. The van der Waals surface area contributed by atoms with Crippen molar-refractivity contribution in [1.82, 2.24) is 15.1 Å². The van der Waals surface area contributed by atoms with Crippen LogP contribution in [0.4, 0.5) is 4.39 Å². The summed E-state index contributed by atoms with van der Waals surface area (Å²) in [6.07, 6.45) is 2.86. The van der Waals surface area contributed by atoms with Crippen molar-refractivity contribution in [3.8, 4) is 16.3 Å². The van der Waals surface area contributed by atoms with Crippen LogP contribution in [0.5, 0.6) is 5.75 Å². The number of rotatable bonds is 4. The first kappa shape index (κ1) is 15.4. The zero-order valence-electron chi connectivity index (χ0n) is 13.3. The number of aromatic nitrogens is 2. The standard InChI is InChI=1S/C18H18FN3OS/c1-22-11-12(18(21-22)17-3-2-8-24-17)10-20-15-6-7-23-16-5-4-13(19)9-14(15)16/h2-5,8-9,11,15,20H,6-7,10H2,1H3/t15-/m1/s1. The van der Waals surface area contributed by atoms with Gasteiger partial charge in [-0.3, -0.25) is 4.68 Å². The van der Waals surface area contributed by atoms with Gasteiger partial charge in [0, 0.05) is 43.4 Å². The van der Waals surface area contributed by atoms with Gasteiger partial charge in [-0.15, -0.1) is 11.3 Å². The highest BCUT2D eigenvalue weighted by molar-refractivity contribution is 7.13. The van der Waals surface area contributed by atoms with Gasteiger partial charge in [0.25, 0.3) is 0 Å². The van der Waals surface area contributed by atoms with Crippen LogP contribution in [-0.4, -0.2) is 16.4 Å². The molecule has 1 N–H and O–H groups in total. The van der Waals surface area contributed by atoms with E-state index in [4.69, 9.17) is 4.74 Å². The second-order valence-electron chi connectivity index (χ2n) is 5.91. The summed E-state index contributed by atoms with van der Waals surface area (Å²) in [6, 6.07) is 8.91. The molecule has 6 heteroatoms. The monoisotopic (exact) mass is 343 g/mol. The Morgan fingerprint density at radius 2 is 2.33 bits per heavy atom. The molecule has 124 valence electrons. The molecule has 0 fully saturated rings. The van der Waals surface area contributed by atoms with E-state index in [0.29, 0.717) is 13.2 Å². The second kappa shape index (κ2) is 6.37. The Balaban J connectivity index is 1.56. The summed E-state index contributed by atoms with van der Waals surface area (Å²) in [5.41, 5.74) is 3.04. The molecule has 3 heterocycles. The van der Waals surface area contributed by atoms with Crippen LogP contribution in [0, 0.1) is 5.82 Å². The molecule has 0 amide bonds. The Hall–Kier alpha value is -2.18. The van der Waals surface area contributed by atoms with Gasteiger partial charge in [0.1, 0.15) is 17.3 Å². The van der Waals surface area contributed by atoms with Crippen molar-refractivity contribution in [3.63, 3.8) is 0 Å². The lowest BCUT2D eigenvalue weighted by molar-refractivity contribution is 0.251. The smallest absolute Gasteiger partial charge is 0.124 e. The lowest BCUT2D eigenvalue weighted by Crippen LogP contribution is -2.27. The number of fused-ring (bicyclic) bond motifs is 1. The Morgan fingerprint density at radius 1 is 1.42 bits per heavy atom. The number of halogens is 1. The predicted molar refractivity (Wildman–Crippen MR) is 92.6 cm³/mol. The van der Waals surface area contributed by atoms with E-state index in [-0.39, 0.29) is 11.9 Å². The van der Waals surface area contributed by atoms with Crippen LogP contribution in [0.3, 0.4) is 0 Å². The molecule has 0 radical (unpaired) electrons. The number of thiophene rings is 1. The minimum atomic E-state index is -0.230. The Bertz CT molecular complexity index is 844. The fourth-order valence-electron chi connectivity index (χ4n) is 3.10. The van der Waals surface area contributed by atoms with Crippen molar-refractivity contribution in [2.45, 2.75) is 19.0 Å². The summed E-state index contributed by atoms with van der Waals surface area (Å²) < 4.78 is 21.1. The Labute approximate surface area is 143 Å². The van der Waals surface area contributed by atoms with E-state index in [1.807, 2.05) is 24.0 Å². The molecule has 0 aliphatic carbocycles. The molecule has 1 aliphatic rings. The van der Waals surface area contributed by atoms with E-state index in [2.05, 4.69) is 21.9 Å². The van der Waals surface area contributed by atoms with Crippen LogP contribution in [0.25, 0.3) is 10.6 Å². The third-order valence-electron chi connectivity index (χ3n) is 4.21. The first-order valence-electron chi connectivity index (χ1n) is 7.93. The van der Waals surface area contributed by atoms with Crippen LogP contribution < -0.4 is 10.1 Å². The number of ether oxygens (including phenoxy) is 1. The van der Waals surface area contributed by atoms with Gasteiger partial charge in [-0.25, -0.2) is 4.39 Å². The fourth-order valence-corrected chi connectivity index (χ4v) is 3.84. The molecule has 1 aliphatic heterocycles. The SMILES string of the molecule is Cn1cc(CN[C@@H]2CCOc3ccc(F)cc32)c(-c2cccs2)n1. The van der Waals surface area contributed by atoms with Gasteiger partial charge < -0.3 is 10.1 Å². The maximum Gasteiger partial charge on any atom is 0.124 e. The minimum Gasteiger partial charge on any atom is -0.493 e. The van der Waals surface area contributed by atoms with Crippen molar-refractivity contribution in [2.24, 2.45) is 7.05 Å². The van der Waals surface area contributed by atoms with E-state index >= 15 is 0 Å². The van der Waals surface area contributed by atoms with E-state index in [0.717, 1.165) is 33.9 Å². The Morgan fingerprint density at radius 3 is 3.17 bits per heavy atom. The molecule has 3 aromatic rings. The highest BCUT2D eigenvalue weighted by Gasteiger charge is 2.22. The van der Waals surface area contributed by atoms with Crippen molar-refractivity contribution in [1.29, 1.82) is 0 Å². The topological polar surface area (TPSA) is 39.1 Å². The van der Waals surface area contributed by atoms with Crippen molar-refractivity contribution in [2.75, 3.05) is 6.61 Å². The summed E-state index contributed by atoms with van der Waals surface area (Å²) in [7, 11) is 1.93. The van der Waals surface area contributed by atoms with Gasteiger partial charge in [-0.05, 0) is 29.6 Å². The lowest BCUT2D eigenvalue weighted by Gasteiger charge is -2.26. The summed E-state index contributed by atoms with van der Waals surface area (Å²) in [6.45, 7) is 1.32. The summed E-state index contributed by atoms with van der Waals surface area (Å²) in [4.78, 5) is 1.16. The summed E-state index contributed by atoms with van der Waals surface area (Å²) in [5, 5.41) is 10.2. The lowest BCUT2D eigenvalue weighted by atomic mass is 10.00. The third-order valence-corrected chi connectivity index (χ3v) is 5.09. The van der Waals surface area contributed by atoms with Crippen LogP contribution in [-0.2, 0) is 13.6 Å². The zero-order chi connectivity index (χ0) is 16.5. The molecule has 2 aromatic heterocycles. The van der Waals surface area contributed by atoms with E-state index in [1.165, 1.54) is 6.07 Å². The van der Waals surface area contributed by atoms with Gasteiger partial charge in [0.2, 0.25) is 0 Å². The first-order valence-corrected chi connectivity index (χ1v) is 8.81. The van der Waals surface area contributed by atoms with E-state index in [9.17, 15) is 4.39 Å². The molecular formula is C18H18FN3OS. The van der Waals surface area contributed by atoms with Crippen LogP contribution >= 0.6 is 11.3 Å². The summed E-state index contributed by atoms with van der Waals surface area (Å²) >= 11 is 1.68. The molecule has 0 bridgehead atoms. The maximum absolute atomic E-state index is 13.6. The molecular weight excluding hydrogens is 325 g/mol. The molecule has 24 heavy (non-hydrogen) atoms. The van der Waals surface area contributed by atoms with Crippen molar-refractivity contribution in [3.05, 3.63) is 58.9 Å². The number of nitrogens with one attached hydrogen (secondary N) is 1. The third kappa shape index (κ3) is 2.95. The molecule has 4 rings (SSSR count). The van der Waals surface area contributed by atoms with E-state index < -0.39 is 0 Å². The fraction of sp³-hybridized carbons (Fsp3) is 0.278.